The third kappa shape index (κ3) is 3.37. The van der Waals surface area contributed by atoms with E-state index in [4.69, 9.17) is 13.4 Å². The van der Waals surface area contributed by atoms with Crippen molar-refractivity contribution in [3.8, 4) is 0 Å². The van der Waals surface area contributed by atoms with E-state index < -0.39 is 0 Å². The van der Waals surface area contributed by atoms with E-state index in [-0.39, 0.29) is 0 Å². The molecular formula is C2H4BN3. The number of hydrogen-bond acceptors (Lipinski definition) is 1. The molecule has 6 heavy (non-hydrogen) atoms. The van der Waals surface area contributed by atoms with Gasteiger partial charge in [0.15, 0.2) is 0 Å². The molecule has 0 fully saturated rings. The van der Waals surface area contributed by atoms with E-state index in [9.17, 15) is 0 Å². The lowest BCUT2D eigenvalue weighted by atomic mass is 10.1. The van der Waals surface area contributed by atoms with Crippen LogP contribution in [0.2, 0.25) is 6.32 Å². The lowest BCUT2D eigenvalue weighted by Gasteiger charge is -1.71. The zero-order valence-electron chi connectivity index (χ0n) is 3.33. The van der Waals surface area contributed by atoms with Gasteiger partial charge in [0, 0.05) is 11.5 Å². The molecule has 0 aliphatic carbocycles. The monoisotopic (exact) mass is 81.0 g/mol. The van der Waals surface area contributed by atoms with Gasteiger partial charge in [0.1, 0.15) is 0 Å². The maximum Gasteiger partial charge on any atom is 0.0654 e. The summed E-state index contributed by atoms with van der Waals surface area (Å²) in [5, 5.41) is 3.15. The first-order valence-corrected chi connectivity index (χ1v) is 1.62. The second-order valence-corrected chi connectivity index (χ2v) is 0.743. The van der Waals surface area contributed by atoms with Crippen LogP contribution in [-0.2, 0) is 0 Å². The van der Waals surface area contributed by atoms with Gasteiger partial charge in [-0.05, 0) is 5.53 Å². The van der Waals surface area contributed by atoms with Crippen molar-refractivity contribution in [3.63, 3.8) is 0 Å². The molecule has 4 heteroatoms. The average molecular weight is 80.9 g/mol. The Balaban J connectivity index is 2.86. The van der Waals surface area contributed by atoms with Crippen LogP contribution in [0.15, 0.2) is 5.11 Å². The zero-order valence-corrected chi connectivity index (χ0v) is 3.33. The van der Waals surface area contributed by atoms with Crippen LogP contribution in [0.5, 0.6) is 0 Å². The van der Waals surface area contributed by atoms with Crippen molar-refractivity contribution in [2.24, 2.45) is 5.11 Å². The summed E-state index contributed by atoms with van der Waals surface area (Å²) in [7, 11) is 4.95. The van der Waals surface area contributed by atoms with E-state index in [2.05, 4.69) is 10.0 Å². The van der Waals surface area contributed by atoms with E-state index in [1.807, 2.05) is 0 Å². The largest absolute Gasteiger partial charge is 0.0947 e. The molecule has 0 saturated carbocycles. The van der Waals surface area contributed by atoms with Crippen LogP contribution in [0.3, 0.4) is 0 Å². The van der Waals surface area contributed by atoms with Gasteiger partial charge < -0.3 is 0 Å². The van der Waals surface area contributed by atoms with Gasteiger partial charge in [0.2, 0.25) is 0 Å². The highest BCUT2D eigenvalue weighted by Crippen LogP contribution is 1.72. The first kappa shape index (κ1) is 5.37. The fourth-order valence-electron chi connectivity index (χ4n) is 0.102. The van der Waals surface area contributed by atoms with Crippen molar-refractivity contribution < 1.29 is 0 Å². The number of nitrogens with zero attached hydrogens (tertiary/aromatic N) is 3. The number of rotatable bonds is 2. The Hall–Kier alpha value is -0.625. The summed E-state index contributed by atoms with van der Waals surface area (Å²) < 4.78 is 0. The molecule has 0 amide bonds. The van der Waals surface area contributed by atoms with Gasteiger partial charge in [-0.15, -0.1) is 0 Å². The summed E-state index contributed by atoms with van der Waals surface area (Å²) in [6.45, 7) is 0.399. The SMILES string of the molecule is [B]CCN=[N+]=[N-]. The van der Waals surface area contributed by atoms with Crippen molar-refractivity contribution in [2.75, 3.05) is 6.54 Å². The zero-order chi connectivity index (χ0) is 4.83. The van der Waals surface area contributed by atoms with Gasteiger partial charge in [-0.3, -0.25) is 0 Å². The highest BCUT2D eigenvalue weighted by molar-refractivity contribution is 6.08. The first-order chi connectivity index (χ1) is 2.91. The van der Waals surface area contributed by atoms with E-state index in [1.54, 1.807) is 0 Å². The molecule has 30 valence electrons. The summed E-state index contributed by atoms with van der Waals surface area (Å²) in [6, 6.07) is 0. The first-order valence-electron chi connectivity index (χ1n) is 1.62. The molecule has 3 nitrogen and oxygen atoms in total. The minimum absolute atomic E-state index is 0.399. The Morgan fingerprint density at radius 1 is 1.83 bits per heavy atom. The molecule has 0 rings (SSSR count). The summed E-state index contributed by atoms with van der Waals surface area (Å²) in [4.78, 5) is 2.47. The molecule has 0 atom stereocenters. The van der Waals surface area contributed by atoms with E-state index in [1.165, 1.54) is 0 Å². The second kappa shape index (κ2) is 4.37. The standard InChI is InChI=1S/C2H4BN3/c3-1-2-5-6-4/h1-2H2. The smallest absolute Gasteiger partial charge is 0.0654 e. The van der Waals surface area contributed by atoms with Crippen LogP contribution in [0.25, 0.3) is 10.4 Å². The topological polar surface area (TPSA) is 48.8 Å². The molecule has 0 saturated heterocycles. The fourth-order valence-corrected chi connectivity index (χ4v) is 0.102. The Morgan fingerprint density at radius 2 is 2.50 bits per heavy atom. The fraction of sp³-hybridized carbons (Fsp3) is 1.00. The third-order valence-corrected chi connectivity index (χ3v) is 0.292. The van der Waals surface area contributed by atoms with Crippen molar-refractivity contribution in [1.29, 1.82) is 0 Å². The van der Waals surface area contributed by atoms with Gasteiger partial charge in [-0.2, -0.15) is 0 Å². The Morgan fingerprint density at radius 3 is 2.67 bits per heavy atom. The Kier molecular flexibility index (Phi) is 3.92. The van der Waals surface area contributed by atoms with E-state index in [0.29, 0.717) is 12.9 Å². The normalized spacial score (nSPS) is 6.67. The van der Waals surface area contributed by atoms with Crippen LogP contribution in [0, 0.1) is 0 Å². The molecule has 0 unspecified atom stereocenters. The number of azide groups is 1. The number of hydrogen-bond donors (Lipinski definition) is 0. The van der Waals surface area contributed by atoms with Gasteiger partial charge in [-0.1, -0.05) is 11.4 Å². The van der Waals surface area contributed by atoms with Crippen LogP contribution in [0.4, 0.5) is 0 Å². The minimum Gasteiger partial charge on any atom is -0.0947 e. The molecule has 0 aromatic carbocycles. The Labute approximate surface area is 37.4 Å². The predicted octanol–water partition coefficient (Wildman–Crippen LogP) is 0.883. The molecule has 0 aromatic rings. The van der Waals surface area contributed by atoms with Crippen molar-refractivity contribution >= 4 is 7.85 Å². The molecule has 0 N–H and O–H groups in total. The predicted molar refractivity (Wildman–Crippen MR) is 24.6 cm³/mol. The molecule has 0 bridgehead atoms. The van der Waals surface area contributed by atoms with Gasteiger partial charge in [-0.25, -0.2) is 0 Å². The highest BCUT2D eigenvalue weighted by atomic mass is 15.1. The van der Waals surface area contributed by atoms with Gasteiger partial charge >= 0.3 is 0 Å². The van der Waals surface area contributed by atoms with E-state index >= 15 is 0 Å². The van der Waals surface area contributed by atoms with Crippen LogP contribution in [0.1, 0.15) is 0 Å². The van der Waals surface area contributed by atoms with Gasteiger partial charge in [0.25, 0.3) is 0 Å². The maximum absolute atomic E-state index is 7.60. The Bertz CT molecular complexity index is 65.2. The van der Waals surface area contributed by atoms with Crippen LogP contribution < -0.4 is 0 Å². The van der Waals surface area contributed by atoms with Crippen molar-refractivity contribution in [1.82, 2.24) is 0 Å². The second-order valence-electron chi connectivity index (χ2n) is 0.743. The summed E-state index contributed by atoms with van der Waals surface area (Å²) in [5.74, 6) is 0. The molecule has 0 aliphatic heterocycles. The molecule has 0 spiro atoms. The van der Waals surface area contributed by atoms with Crippen LogP contribution >= 0.6 is 0 Å². The molecule has 0 heterocycles. The molecule has 2 radical (unpaired) electrons. The summed E-state index contributed by atoms with van der Waals surface area (Å²) in [6.07, 6.45) is 0.435. The average Bonchev–Trinajstić information content (AvgIpc) is 1.61. The van der Waals surface area contributed by atoms with Gasteiger partial charge in [0.05, 0.1) is 7.85 Å². The van der Waals surface area contributed by atoms with Crippen LogP contribution in [-0.4, -0.2) is 14.4 Å². The molecular weight excluding hydrogens is 76.9 g/mol. The molecule has 0 aliphatic rings. The maximum atomic E-state index is 7.60. The van der Waals surface area contributed by atoms with E-state index in [0.717, 1.165) is 0 Å². The summed E-state index contributed by atoms with van der Waals surface area (Å²) >= 11 is 0. The highest BCUT2D eigenvalue weighted by Gasteiger charge is 1.65. The van der Waals surface area contributed by atoms with Crippen molar-refractivity contribution in [2.45, 2.75) is 6.32 Å². The quantitative estimate of drug-likeness (QED) is 0.205. The third-order valence-electron chi connectivity index (χ3n) is 0.292. The molecule has 0 aromatic heterocycles. The lowest BCUT2D eigenvalue weighted by Crippen LogP contribution is -1.70. The lowest BCUT2D eigenvalue weighted by molar-refractivity contribution is 1.10. The summed E-state index contributed by atoms with van der Waals surface area (Å²) in [5.41, 5.74) is 7.60. The van der Waals surface area contributed by atoms with Crippen molar-refractivity contribution in [3.05, 3.63) is 10.4 Å². The minimum atomic E-state index is 0.399.